The van der Waals surface area contributed by atoms with Gasteiger partial charge in [0.05, 0.1) is 0 Å². The second-order valence-corrected chi connectivity index (χ2v) is 5.64. The molecule has 1 aliphatic rings. The number of carbonyl (C=O) groups is 1. The first-order valence-electron chi connectivity index (χ1n) is 6.18. The molecule has 0 aromatic heterocycles. The average molecular weight is 248 g/mol. The summed E-state index contributed by atoms with van der Waals surface area (Å²) in [6.45, 7) is 7.38. The first-order chi connectivity index (χ1) is 8.39. The third kappa shape index (κ3) is 2.82. The SMILES string of the molecule is CC(C)(C)OC(=O)N1Cc2ccc(CN)cc2C1. The second kappa shape index (κ2) is 4.61. The van der Waals surface area contributed by atoms with Gasteiger partial charge in [-0.25, -0.2) is 4.79 Å². The number of nitrogens with zero attached hydrogens (tertiary/aromatic N) is 1. The first kappa shape index (κ1) is 12.9. The van der Waals surface area contributed by atoms with Crippen molar-refractivity contribution >= 4 is 6.09 Å². The first-order valence-corrected chi connectivity index (χ1v) is 6.18. The van der Waals surface area contributed by atoms with E-state index >= 15 is 0 Å². The van der Waals surface area contributed by atoms with E-state index in [1.165, 1.54) is 11.1 Å². The van der Waals surface area contributed by atoms with E-state index in [0.717, 1.165) is 5.56 Å². The number of fused-ring (bicyclic) bond motifs is 1. The zero-order valence-electron chi connectivity index (χ0n) is 11.2. The Morgan fingerprint density at radius 3 is 2.61 bits per heavy atom. The Balaban J connectivity index is 2.08. The van der Waals surface area contributed by atoms with E-state index in [-0.39, 0.29) is 6.09 Å². The van der Waals surface area contributed by atoms with E-state index in [1.54, 1.807) is 4.90 Å². The van der Waals surface area contributed by atoms with Crippen molar-refractivity contribution in [2.24, 2.45) is 5.73 Å². The zero-order chi connectivity index (χ0) is 13.3. The van der Waals surface area contributed by atoms with Gasteiger partial charge in [-0.05, 0) is 37.5 Å². The number of rotatable bonds is 1. The summed E-state index contributed by atoms with van der Waals surface area (Å²) in [5, 5.41) is 0. The minimum absolute atomic E-state index is 0.256. The van der Waals surface area contributed by atoms with Gasteiger partial charge in [0.25, 0.3) is 0 Å². The summed E-state index contributed by atoms with van der Waals surface area (Å²) in [5.41, 5.74) is 8.61. The molecule has 1 amide bonds. The van der Waals surface area contributed by atoms with Crippen molar-refractivity contribution in [1.29, 1.82) is 0 Å². The molecule has 4 nitrogen and oxygen atoms in total. The maximum atomic E-state index is 12.0. The van der Waals surface area contributed by atoms with E-state index in [2.05, 4.69) is 6.07 Å². The Kier molecular flexibility index (Phi) is 3.30. The molecule has 1 aromatic carbocycles. The van der Waals surface area contributed by atoms with Crippen LogP contribution in [0.3, 0.4) is 0 Å². The third-order valence-corrected chi connectivity index (χ3v) is 2.88. The van der Waals surface area contributed by atoms with Crippen LogP contribution in [0.25, 0.3) is 0 Å². The van der Waals surface area contributed by atoms with Gasteiger partial charge >= 0.3 is 6.09 Å². The number of hydrogen-bond acceptors (Lipinski definition) is 3. The molecule has 1 heterocycles. The minimum Gasteiger partial charge on any atom is -0.444 e. The highest BCUT2D eigenvalue weighted by atomic mass is 16.6. The fourth-order valence-electron chi connectivity index (χ4n) is 2.03. The van der Waals surface area contributed by atoms with Crippen LogP contribution in [0.1, 0.15) is 37.5 Å². The van der Waals surface area contributed by atoms with Crippen LogP contribution in [0.4, 0.5) is 4.79 Å². The van der Waals surface area contributed by atoms with E-state index in [9.17, 15) is 4.79 Å². The van der Waals surface area contributed by atoms with Crippen molar-refractivity contribution in [3.8, 4) is 0 Å². The van der Waals surface area contributed by atoms with Crippen molar-refractivity contribution in [2.75, 3.05) is 0 Å². The van der Waals surface area contributed by atoms with Crippen LogP contribution < -0.4 is 5.73 Å². The lowest BCUT2D eigenvalue weighted by Crippen LogP contribution is -2.33. The minimum atomic E-state index is -0.450. The predicted molar refractivity (Wildman–Crippen MR) is 69.8 cm³/mol. The van der Waals surface area contributed by atoms with Crippen molar-refractivity contribution in [1.82, 2.24) is 4.90 Å². The summed E-state index contributed by atoms with van der Waals surface area (Å²) in [5.74, 6) is 0. The highest BCUT2D eigenvalue weighted by Crippen LogP contribution is 2.25. The van der Waals surface area contributed by atoms with Crippen LogP contribution in [-0.4, -0.2) is 16.6 Å². The maximum absolute atomic E-state index is 12.0. The Labute approximate surface area is 108 Å². The smallest absolute Gasteiger partial charge is 0.410 e. The van der Waals surface area contributed by atoms with Gasteiger partial charge in [0.2, 0.25) is 0 Å². The number of ether oxygens (including phenoxy) is 1. The quantitative estimate of drug-likeness (QED) is 0.830. The lowest BCUT2D eigenvalue weighted by atomic mass is 10.1. The summed E-state index contributed by atoms with van der Waals surface area (Å²) in [7, 11) is 0. The highest BCUT2D eigenvalue weighted by molar-refractivity contribution is 5.69. The number of hydrogen-bond donors (Lipinski definition) is 1. The molecule has 2 rings (SSSR count). The maximum Gasteiger partial charge on any atom is 0.410 e. The Hall–Kier alpha value is -1.55. The lowest BCUT2D eigenvalue weighted by Gasteiger charge is -2.24. The normalized spacial score (nSPS) is 14.6. The molecule has 0 spiro atoms. The molecule has 0 unspecified atom stereocenters. The molecule has 0 aliphatic carbocycles. The number of nitrogens with two attached hydrogens (primary N) is 1. The highest BCUT2D eigenvalue weighted by Gasteiger charge is 2.27. The summed E-state index contributed by atoms with van der Waals surface area (Å²) < 4.78 is 5.37. The Bertz CT molecular complexity index is 463. The molecular weight excluding hydrogens is 228 g/mol. The van der Waals surface area contributed by atoms with Crippen LogP contribution in [0.15, 0.2) is 18.2 Å². The van der Waals surface area contributed by atoms with Crippen LogP contribution in [0.2, 0.25) is 0 Å². The molecule has 98 valence electrons. The molecule has 0 saturated carbocycles. The molecule has 4 heteroatoms. The van der Waals surface area contributed by atoms with Gasteiger partial charge in [0, 0.05) is 19.6 Å². The van der Waals surface area contributed by atoms with Crippen LogP contribution >= 0.6 is 0 Å². The zero-order valence-corrected chi connectivity index (χ0v) is 11.2. The summed E-state index contributed by atoms with van der Waals surface area (Å²) in [6, 6.07) is 6.12. The van der Waals surface area contributed by atoms with Crippen molar-refractivity contribution in [2.45, 2.75) is 46.0 Å². The molecule has 0 atom stereocenters. The van der Waals surface area contributed by atoms with Gasteiger partial charge in [0.1, 0.15) is 5.60 Å². The topological polar surface area (TPSA) is 55.6 Å². The Morgan fingerprint density at radius 1 is 1.33 bits per heavy atom. The van der Waals surface area contributed by atoms with Crippen LogP contribution in [0.5, 0.6) is 0 Å². The molecule has 18 heavy (non-hydrogen) atoms. The largest absolute Gasteiger partial charge is 0.444 e. The van der Waals surface area contributed by atoms with Gasteiger partial charge in [-0.3, -0.25) is 4.90 Å². The van der Waals surface area contributed by atoms with Crippen LogP contribution in [0, 0.1) is 0 Å². The fraction of sp³-hybridized carbons (Fsp3) is 0.500. The van der Waals surface area contributed by atoms with Crippen LogP contribution in [-0.2, 0) is 24.4 Å². The predicted octanol–water partition coefficient (Wildman–Crippen LogP) is 2.40. The van der Waals surface area contributed by atoms with Gasteiger partial charge in [0.15, 0.2) is 0 Å². The van der Waals surface area contributed by atoms with Crippen molar-refractivity contribution < 1.29 is 9.53 Å². The summed E-state index contributed by atoms with van der Waals surface area (Å²) in [6.07, 6.45) is -0.256. The standard InChI is InChI=1S/C14H20N2O2/c1-14(2,3)18-13(17)16-8-11-5-4-10(7-15)6-12(11)9-16/h4-6H,7-9,15H2,1-3H3. The van der Waals surface area contributed by atoms with Gasteiger partial charge in [-0.1, -0.05) is 18.2 Å². The summed E-state index contributed by atoms with van der Waals surface area (Å²) in [4.78, 5) is 13.7. The average Bonchev–Trinajstić information content (AvgIpc) is 2.69. The molecule has 0 radical (unpaired) electrons. The molecule has 1 aromatic rings. The van der Waals surface area contributed by atoms with Gasteiger partial charge < -0.3 is 10.5 Å². The third-order valence-electron chi connectivity index (χ3n) is 2.88. The fourth-order valence-corrected chi connectivity index (χ4v) is 2.03. The number of benzene rings is 1. The molecule has 0 fully saturated rings. The molecule has 0 bridgehead atoms. The Morgan fingerprint density at radius 2 is 2.00 bits per heavy atom. The molecular formula is C14H20N2O2. The van der Waals surface area contributed by atoms with E-state index < -0.39 is 5.60 Å². The lowest BCUT2D eigenvalue weighted by molar-refractivity contribution is 0.0242. The molecule has 2 N–H and O–H groups in total. The van der Waals surface area contributed by atoms with E-state index in [0.29, 0.717) is 19.6 Å². The van der Waals surface area contributed by atoms with Gasteiger partial charge in [-0.15, -0.1) is 0 Å². The molecule has 1 aliphatic heterocycles. The van der Waals surface area contributed by atoms with Crippen molar-refractivity contribution in [3.63, 3.8) is 0 Å². The second-order valence-electron chi connectivity index (χ2n) is 5.64. The molecule has 0 saturated heterocycles. The monoisotopic (exact) mass is 248 g/mol. The van der Waals surface area contributed by atoms with Gasteiger partial charge in [-0.2, -0.15) is 0 Å². The van der Waals surface area contributed by atoms with Crippen molar-refractivity contribution in [3.05, 3.63) is 34.9 Å². The number of amides is 1. The number of carbonyl (C=O) groups excluding carboxylic acids is 1. The van der Waals surface area contributed by atoms with E-state index in [1.807, 2.05) is 32.9 Å². The summed E-state index contributed by atoms with van der Waals surface area (Å²) >= 11 is 0. The van der Waals surface area contributed by atoms with E-state index in [4.69, 9.17) is 10.5 Å².